The molecule has 22 heavy (non-hydrogen) atoms. The molecule has 1 fully saturated rings. The summed E-state index contributed by atoms with van der Waals surface area (Å²) in [7, 11) is 0. The van der Waals surface area contributed by atoms with Crippen LogP contribution >= 0.6 is 11.8 Å². The Morgan fingerprint density at radius 3 is 2.27 bits per heavy atom. The van der Waals surface area contributed by atoms with E-state index in [4.69, 9.17) is 15.3 Å². The second-order valence-electron chi connectivity index (χ2n) is 4.97. The third-order valence-corrected chi connectivity index (χ3v) is 4.87. The average Bonchev–Trinajstić information content (AvgIpc) is 2.82. The van der Waals surface area contributed by atoms with Crippen molar-refractivity contribution in [3.8, 4) is 0 Å². The number of hydrogen-bond acceptors (Lipinski definition) is 5. The summed E-state index contributed by atoms with van der Waals surface area (Å²) in [5, 5.41) is 29.6. The van der Waals surface area contributed by atoms with Crippen LogP contribution in [-0.4, -0.2) is 51.1 Å². The molecule has 0 radical (unpaired) electrons. The van der Waals surface area contributed by atoms with Crippen molar-refractivity contribution in [3.63, 3.8) is 0 Å². The van der Waals surface area contributed by atoms with Crippen LogP contribution in [0.2, 0.25) is 0 Å². The summed E-state index contributed by atoms with van der Waals surface area (Å²) in [6, 6.07) is 5.33. The second-order valence-corrected chi connectivity index (χ2v) is 6.28. The molecule has 8 heteroatoms. The van der Waals surface area contributed by atoms with E-state index in [2.05, 4.69) is 5.32 Å². The molecule has 0 aromatic heterocycles. The Morgan fingerprint density at radius 1 is 1.14 bits per heavy atom. The van der Waals surface area contributed by atoms with Crippen LogP contribution in [0.25, 0.3) is 0 Å². The van der Waals surface area contributed by atoms with Crippen molar-refractivity contribution in [1.29, 1.82) is 0 Å². The van der Waals surface area contributed by atoms with E-state index < -0.39 is 29.9 Å². The maximum Gasteiger partial charge on any atom is 0.335 e. The van der Waals surface area contributed by atoms with E-state index in [0.29, 0.717) is 6.54 Å². The van der Waals surface area contributed by atoms with Crippen LogP contribution < -0.4 is 5.32 Å². The van der Waals surface area contributed by atoms with Gasteiger partial charge in [0.15, 0.2) is 0 Å². The molecule has 1 heterocycles. The molecule has 1 aromatic rings. The molecule has 1 unspecified atom stereocenters. The normalized spacial score (nSPS) is 24.1. The highest BCUT2D eigenvalue weighted by molar-refractivity contribution is 8.00. The number of thioether (sulfide) groups is 1. The molecular weight excluding hydrogens is 310 g/mol. The van der Waals surface area contributed by atoms with Gasteiger partial charge in [0.25, 0.3) is 0 Å². The zero-order valence-corrected chi connectivity index (χ0v) is 12.2. The van der Waals surface area contributed by atoms with E-state index in [0.717, 1.165) is 4.90 Å². The summed E-state index contributed by atoms with van der Waals surface area (Å²) >= 11 is 1.36. The van der Waals surface area contributed by atoms with Crippen LogP contribution in [0.3, 0.4) is 0 Å². The highest BCUT2D eigenvalue weighted by atomic mass is 32.2. The molecule has 7 nitrogen and oxygen atoms in total. The summed E-state index contributed by atoms with van der Waals surface area (Å²) in [6.45, 7) is 0.389. The lowest BCUT2D eigenvalue weighted by Gasteiger charge is -2.19. The first kappa shape index (κ1) is 16.3. The fourth-order valence-electron chi connectivity index (χ4n) is 2.46. The van der Waals surface area contributed by atoms with E-state index in [1.54, 1.807) is 12.1 Å². The Labute approximate surface area is 130 Å². The number of hydrogen-bond donors (Lipinski definition) is 4. The quantitative estimate of drug-likeness (QED) is 0.610. The molecule has 3 atom stereocenters. The first-order valence-corrected chi connectivity index (χ1v) is 7.44. The standard InChI is InChI=1S/C14H15NO6S/c16-11(17)5-9-10(6-15-12(9)14(20)21)22-8-3-1-7(2-4-8)13(18)19/h1-4,9-10,12,15H,5-6H2,(H,16,17)(H,18,19)(H,20,21)/t9?,10-,12-/m0/s1. The third-order valence-electron chi connectivity index (χ3n) is 3.51. The van der Waals surface area contributed by atoms with Crippen LogP contribution in [-0.2, 0) is 9.59 Å². The molecule has 1 aliphatic rings. The Kier molecular flexibility index (Phi) is 5.04. The van der Waals surface area contributed by atoms with Gasteiger partial charge in [-0.25, -0.2) is 4.79 Å². The molecule has 118 valence electrons. The largest absolute Gasteiger partial charge is 0.481 e. The van der Waals surface area contributed by atoms with Gasteiger partial charge < -0.3 is 20.6 Å². The van der Waals surface area contributed by atoms with Crippen molar-refractivity contribution < 1.29 is 29.7 Å². The highest BCUT2D eigenvalue weighted by Gasteiger charge is 2.41. The minimum Gasteiger partial charge on any atom is -0.481 e. The SMILES string of the molecule is O=C(O)CC1[C@@H](Sc2ccc(C(=O)O)cc2)CN[C@@H]1C(=O)O. The predicted molar refractivity (Wildman–Crippen MR) is 78.2 cm³/mol. The number of benzene rings is 1. The lowest BCUT2D eigenvalue weighted by molar-refractivity contribution is -0.141. The van der Waals surface area contributed by atoms with Gasteiger partial charge in [0.1, 0.15) is 6.04 Å². The lowest BCUT2D eigenvalue weighted by Crippen LogP contribution is -2.37. The van der Waals surface area contributed by atoms with Gasteiger partial charge in [-0.05, 0) is 24.3 Å². The summed E-state index contributed by atoms with van der Waals surface area (Å²) in [4.78, 5) is 33.7. The summed E-state index contributed by atoms with van der Waals surface area (Å²) in [5.41, 5.74) is 0.166. The molecule has 1 saturated heterocycles. The molecule has 1 aromatic carbocycles. The van der Waals surface area contributed by atoms with Crippen molar-refractivity contribution in [2.45, 2.75) is 22.6 Å². The third kappa shape index (κ3) is 3.77. The van der Waals surface area contributed by atoms with Crippen molar-refractivity contribution in [2.24, 2.45) is 5.92 Å². The number of carbonyl (C=O) groups is 3. The van der Waals surface area contributed by atoms with Gasteiger partial charge in [-0.15, -0.1) is 11.8 Å². The number of nitrogens with one attached hydrogen (secondary N) is 1. The van der Waals surface area contributed by atoms with Gasteiger partial charge in [-0.1, -0.05) is 0 Å². The van der Waals surface area contributed by atoms with Crippen molar-refractivity contribution in [1.82, 2.24) is 5.32 Å². The van der Waals surface area contributed by atoms with Crippen molar-refractivity contribution in [3.05, 3.63) is 29.8 Å². The van der Waals surface area contributed by atoms with Crippen LogP contribution in [0, 0.1) is 5.92 Å². The molecule has 1 aliphatic heterocycles. The molecule has 2 rings (SSSR count). The minimum atomic E-state index is -1.06. The summed E-state index contributed by atoms with van der Waals surface area (Å²) in [5.74, 6) is -3.64. The number of aliphatic carboxylic acids is 2. The molecule has 0 amide bonds. The molecular formula is C14H15NO6S. The Balaban J connectivity index is 2.11. The first-order valence-electron chi connectivity index (χ1n) is 6.56. The fourth-order valence-corrected chi connectivity index (χ4v) is 3.71. The Bertz CT molecular complexity index is 588. The predicted octanol–water partition coefficient (Wildman–Crippen LogP) is 0.993. The van der Waals surface area contributed by atoms with Crippen molar-refractivity contribution >= 4 is 29.7 Å². The summed E-state index contributed by atoms with van der Waals surface area (Å²) in [6.07, 6.45) is -0.227. The molecule has 4 N–H and O–H groups in total. The monoisotopic (exact) mass is 325 g/mol. The zero-order chi connectivity index (χ0) is 16.3. The molecule has 0 saturated carbocycles. The van der Waals surface area contributed by atoms with Gasteiger partial charge >= 0.3 is 17.9 Å². The Morgan fingerprint density at radius 2 is 1.77 bits per heavy atom. The smallest absolute Gasteiger partial charge is 0.335 e. The number of rotatable bonds is 6. The Hall–Kier alpha value is -2.06. The van der Waals surface area contributed by atoms with E-state index in [-0.39, 0.29) is 17.2 Å². The van der Waals surface area contributed by atoms with Gasteiger partial charge in [0.05, 0.1) is 12.0 Å². The maximum absolute atomic E-state index is 11.2. The van der Waals surface area contributed by atoms with E-state index >= 15 is 0 Å². The van der Waals surface area contributed by atoms with Gasteiger partial charge in [0.2, 0.25) is 0 Å². The lowest BCUT2D eigenvalue weighted by atomic mass is 9.96. The van der Waals surface area contributed by atoms with Gasteiger partial charge in [0, 0.05) is 22.6 Å². The van der Waals surface area contributed by atoms with Crippen LogP contribution in [0.1, 0.15) is 16.8 Å². The molecule has 0 aliphatic carbocycles. The number of aromatic carboxylic acids is 1. The van der Waals surface area contributed by atoms with Crippen LogP contribution in [0.4, 0.5) is 0 Å². The highest BCUT2D eigenvalue weighted by Crippen LogP contribution is 2.35. The topological polar surface area (TPSA) is 124 Å². The summed E-state index contributed by atoms with van der Waals surface area (Å²) < 4.78 is 0. The average molecular weight is 325 g/mol. The fraction of sp³-hybridized carbons (Fsp3) is 0.357. The van der Waals surface area contributed by atoms with Crippen LogP contribution in [0.5, 0.6) is 0 Å². The number of carboxylic acids is 3. The van der Waals surface area contributed by atoms with Crippen molar-refractivity contribution in [2.75, 3.05) is 6.54 Å². The van der Waals surface area contributed by atoms with Crippen LogP contribution in [0.15, 0.2) is 29.2 Å². The van der Waals surface area contributed by atoms with E-state index in [9.17, 15) is 14.4 Å². The van der Waals surface area contributed by atoms with E-state index in [1.807, 2.05) is 0 Å². The molecule has 0 bridgehead atoms. The van der Waals surface area contributed by atoms with E-state index in [1.165, 1.54) is 23.9 Å². The maximum atomic E-state index is 11.2. The zero-order valence-electron chi connectivity index (χ0n) is 11.4. The molecule has 0 spiro atoms. The minimum absolute atomic E-state index is 0.166. The number of carboxylic acid groups (broad SMARTS) is 3. The first-order chi connectivity index (χ1) is 10.4. The second kappa shape index (κ2) is 6.80. The van der Waals surface area contributed by atoms with Gasteiger partial charge in [-0.3, -0.25) is 9.59 Å². The van der Waals surface area contributed by atoms with Gasteiger partial charge in [-0.2, -0.15) is 0 Å².